The third kappa shape index (κ3) is 3.61. The largest absolute Gasteiger partial charge is 0.462 e. The van der Waals surface area contributed by atoms with E-state index in [1.54, 1.807) is 42.5 Å². The number of aryl methyl sites for hydroxylation is 1. The number of benzene rings is 2. The van der Waals surface area contributed by atoms with Crippen LogP contribution in [0.1, 0.15) is 29.6 Å². The molecular formula is C25H25N3O7. The first-order valence-electron chi connectivity index (χ1n) is 11.5. The quantitative estimate of drug-likeness (QED) is 0.360. The molecule has 10 heteroatoms. The Bertz CT molecular complexity index is 1360. The summed E-state index contributed by atoms with van der Waals surface area (Å²) in [6.45, 7) is 0.608. The van der Waals surface area contributed by atoms with Gasteiger partial charge in [-0.3, -0.25) is 19.1 Å². The van der Waals surface area contributed by atoms with Crippen LogP contribution in [-0.2, 0) is 25.6 Å². The van der Waals surface area contributed by atoms with Gasteiger partial charge in [-0.2, -0.15) is 0 Å². The highest BCUT2D eigenvalue weighted by atomic mass is 16.5. The second kappa shape index (κ2) is 9.03. The van der Waals surface area contributed by atoms with Crippen molar-refractivity contribution >= 4 is 34.6 Å². The summed E-state index contributed by atoms with van der Waals surface area (Å²) in [6, 6.07) is 13.9. The lowest BCUT2D eigenvalue weighted by atomic mass is 9.96. The number of rotatable bonds is 8. The molecule has 10 nitrogen and oxygen atoms in total. The van der Waals surface area contributed by atoms with E-state index in [1.807, 2.05) is 6.07 Å². The summed E-state index contributed by atoms with van der Waals surface area (Å²) in [5.74, 6) is -1.76. The zero-order chi connectivity index (χ0) is 24.6. The number of amides is 2. The number of oxazole rings is 1. The van der Waals surface area contributed by atoms with Crippen LogP contribution in [-0.4, -0.2) is 59.8 Å². The maximum Gasteiger partial charge on any atom is 0.419 e. The van der Waals surface area contributed by atoms with E-state index in [4.69, 9.17) is 13.9 Å². The Morgan fingerprint density at radius 3 is 2.63 bits per heavy atom. The molecule has 3 heterocycles. The Morgan fingerprint density at radius 2 is 1.80 bits per heavy atom. The fraction of sp³-hybridized carbons (Fsp3) is 0.360. The van der Waals surface area contributed by atoms with Crippen LogP contribution < -0.4 is 10.7 Å². The molecule has 182 valence electrons. The van der Waals surface area contributed by atoms with Gasteiger partial charge in [0.2, 0.25) is 11.6 Å². The molecule has 2 aliphatic heterocycles. The molecule has 1 saturated heterocycles. The Morgan fingerprint density at radius 1 is 1.03 bits per heavy atom. The maximum atomic E-state index is 13.6. The van der Waals surface area contributed by atoms with E-state index in [-0.39, 0.29) is 51.0 Å². The zero-order valence-electron chi connectivity index (χ0n) is 19.3. The van der Waals surface area contributed by atoms with E-state index in [9.17, 15) is 19.2 Å². The molecule has 1 unspecified atom stereocenters. The lowest BCUT2D eigenvalue weighted by Crippen LogP contribution is -2.69. The van der Waals surface area contributed by atoms with Gasteiger partial charge < -0.3 is 18.8 Å². The summed E-state index contributed by atoms with van der Waals surface area (Å²) in [7, 11) is 1.51. The van der Waals surface area contributed by atoms with Gasteiger partial charge in [-0.25, -0.2) is 9.59 Å². The van der Waals surface area contributed by atoms with Crippen LogP contribution in [0.2, 0.25) is 0 Å². The van der Waals surface area contributed by atoms with Crippen molar-refractivity contribution < 1.29 is 28.3 Å². The molecular weight excluding hydrogens is 454 g/mol. The van der Waals surface area contributed by atoms with Crippen LogP contribution in [0.25, 0.3) is 11.1 Å². The third-order valence-corrected chi connectivity index (χ3v) is 6.55. The van der Waals surface area contributed by atoms with Crippen molar-refractivity contribution in [1.82, 2.24) is 9.47 Å². The highest BCUT2D eigenvalue weighted by molar-refractivity contribution is 6.15. The van der Waals surface area contributed by atoms with Gasteiger partial charge in [0, 0.05) is 33.0 Å². The molecule has 2 aromatic carbocycles. The molecule has 35 heavy (non-hydrogen) atoms. The molecule has 2 amide bonds. The Balaban J connectivity index is 1.38. The maximum absolute atomic E-state index is 13.6. The van der Waals surface area contributed by atoms with E-state index >= 15 is 0 Å². The molecule has 1 fully saturated rings. The van der Waals surface area contributed by atoms with Crippen molar-refractivity contribution in [3.63, 3.8) is 0 Å². The molecule has 0 radical (unpaired) electrons. The van der Waals surface area contributed by atoms with Crippen LogP contribution in [0.3, 0.4) is 0 Å². The van der Waals surface area contributed by atoms with Crippen LogP contribution in [0, 0.1) is 0 Å². The van der Waals surface area contributed by atoms with Crippen molar-refractivity contribution in [2.24, 2.45) is 0 Å². The highest BCUT2D eigenvalue weighted by Crippen LogP contribution is 2.45. The number of anilines is 1. The number of carbonyl (C=O) groups is 3. The zero-order valence-corrected chi connectivity index (χ0v) is 19.3. The molecule has 0 aliphatic carbocycles. The fourth-order valence-electron chi connectivity index (χ4n) is 4.96. The number of fused-ring (bicyclic) bond motifs is 4. The summed E-state index contributed by atoms with van der Waals surface area (Å²) in [4.78, 5) is 54.9. The number of ether oxygens (including phenoxy) is 2. The van der Waals surface area contributed by atoms with Crippen LogP contribution in [0.15, 0.2) is 57.7 Å². The SMILES string of the molecule is COCCN1C(=O)c2ccccc2N2C(=O)CCC12C(=O)OCCCn1c(=O)oc2ccccc21. The second-order valence-corrected chi connectivity index (χ2v) is 8.49. The molecule has 0 N–H and O–H groups in total. The molecule has 1 aromatic heterocycles. The van der Waals surface area contributed by atoms with Crippen molar-refractivity contribution in [2.75, 3.05) is 31.8 Å². The first kappa shape index (κ1) is 22.9. The monoisotopic (exact) mass is 479 g/mol. The van der Waals surface area contributed by atoms with Crippen molar-refractivity contribution in [3.8, 4) is 0 Å². The van der Waals surface area contributed by atoms with E-state index < -0.39 is 17.4 Å². The van der Waals surface area contributed by atoms with Gasteiger partial charge in [-0.05, 0) is 30.7 Å². The van der Waals surface area contributed by atoms with E-state index in [2.05, 4.69) is 0 Å². The lowest BCUT2D eigenvalue weighted by molar-refractivity contribution is -0.157. The number of esters is 1. The second-order valence-electron chi connectivity index (χ2n) is 8.49. The van der Waals surface area contributed by atoms with Gasteiger partial charge >= 0.3 is 11.7 Å². The van der Waals surface area contributed by atoms with E-state index in [0.29, 0.717) is 28.8 Å². The average Bonchev–Trinajstić information content (AvgIpc) is 3.38. The summed E-state index contributed by atoms with van der Waals surface area (Å²) >= 11 is 0. The van der Waals surface area contributed by atoms with Crippen LogP contribution in [0.4, 0.5) is 5.69 Å². The number of methoxy groups -OCH3 is 1. The molecule has 2 aliphatic rings. The summed E-state index contributed by atoms with van der Waals surface area (Å²) in [5.41, 5.74) is 0.340. The summed E-state index contributed by atoms with van der Waals surface area (Å²) in [6.07, 6.45) is 0.582. The van der Waals surface area contributed by atoms with Gasteiger partial charge in [0.05, 0.1) is 30.0 Å². The minimum atomic E-state index is -1.57. The fourth-order valence-corrected chi connectivity index (χ4v) is 4.96. The number of carbonyl (C=O) groups excluding carboxylic acids is 3. The normalized spacial score (nSPS) is 19.2. The van der Waals surface area contributed by atoms with Crippen molar-refractivity contribution in [1.29, 1.82) is 0 Å². The Hall–Kier alpha value is -3.92. The van der Waals surface area contributed by atoms with Gasteiger partial charge in [-0.1, -0.05) is 24.3 Å². The lowest BCUT2D eigenvalue weighted by Gasteiger charge is -2.48. The van der Waals surface area contributed by atoms with E-state index in [0.717, 1.165) is 0 Å². The number of nitrogens with zero attached hydrogens (tertiary/aromatic N) is 3. The molecule has 0 bridgehead atoms. The average molecular weight is 479 g/mol. The van der Waals surface area contributed by atoms with Gasteiger partial charge in [0.15, 0.2) is 5.58 Å². The highest BCUT2D eigenvalue weighted by Gasteiger charge is 2.61. The minimum absolute atomic E-state index is 0.00250. The Labute approximate surface area is 200 Å². The molecule has 5 rings (SSSR count). The number of hydrogen-bond acceptors (Lipinski definition) is 7. The minimum Gasteiger partial charge on any atom is -0.462 e. The standard InChI is InChI=1S/C25H25N3O7/c1-33-16-14-27-22(30)17-7-2-3-8-18(17)28-21(29)11-12-25(27,28)23(31)34-15-6-13-26-19-9-4-5-10-20(19)35-24(26)32/h2-5,7-10H,6,11-16H2,1H3. The molecule has 3 aromatic rings. The molecule has 0 saturated carbocycles. The van der Waals surface area contributed by atoms with Gasteiger partial charge in [-0.15, -0.1) is 0 Å². The Kier molecular flexibility index (Phi) is 5.89. The summed E-state index contributed by atoms with van der Waals surface area (Å²) in [5, 5.41) is 0. The smallest absolute Gasteiger partial charge is 0.419 e. The van der Waals surface area contributed by atoms with Crippen LogP contribution >= 0.6 is 0 Å². The number of hydrogen-bond donors (Lipinski definition) is 0. The topological polar surface area (TPSA) is 111 Å². The molecule has 1 atom stereocenters. The van der Waals surface area contributed by atoms with Gasteiger partial charge in [0.1, 0.15) is 0 Å². The van der Waals surface area contributed by atoms with Crippen LogP contribution in [0.5, 0.6) is 0 Å². The third-order valence-electron chi connectivity index (χ3n) is 6.55. The number of aromatic nitrogens is 1. The van der Waals surface area contributed by atoms with E-state index in [1.165, 1.54) is 21.5 Å². The van der Waals surface area contributed by atoms with Crippen molar-refractivity contribution in [2.45, 2.75) is 31.5 Å². The predicted molar refractivity (Wildman–Crippen MR) is 125 cm³/mol. The van der Waals surface area contributed by atoms with Gasteiger partial charge in [0.25, 0.3) is 5.91 Å². The first-order chi connectivity index (χ1) is 17.0. The summed E-state index contributed by atoms with van der Waals surface area (Å²) < 4.78 is 17.5. The predicted octanol–water partition coefficient (Wildman–Crippen LogP) is 2.15. The molecule has 0 spiro atoms. The first-order valence-corrected chi connectivity index (χ1v) is 11.5. The number of para-hydroxylation sites is 3. The van der Waals surface area contributed by atoms with Crippen molar-refractivity contribution in [3.05, 3.63) is 64.6 Å².